The molecule has 2 rings (SSSR count). The third-order valence-electron chi connectivity index (χ3n) is 2.65. The Morgan fingerprint density at radius 3 is 2.24 bits per heavy atom. The zero-order valence-corrected chi connectivity index (χ0v) is 12.6. The molecule has 0 saturated heterocycles. The maximum absolute atomic E-state index is 10.7. The zero-order valence-electron chi connectivity index (χ0n) is 11.1. The first-order valence-corrected chi connectivity index (χ1v) is 6.92. The average molecular weight is 327 g/mol. The summed E-state index contributed by atoms with van der Waals surface area (Å²) in [5.41, 5.74) is 0.783. The lowest BCUT2D eigenvalue weighted by Crippen LogP contribution is -1.96. The van der Waals surface area contributed by atoms with Crippen molar-refractivity contribution in [2.45, 2.75) is 6.92 Å². The van der Waals surface area contributed by atoms with Crippen LogP contribution >= 0.6 is 23.2 Å². The number of anilines is 1. The third-order valence-corrected chi connectivity index (χ3v) is 3.21. The first kappa shape index (κ1) is 15.4. The van der Waals surface area contributed by atoms with Crippen molar-refractivity contribution in [3.8, 4) is 11.5 Å². The number of hydrogen-bond acceptors (Lipinski definition) is 4. The predicted molar refractivity (Wildman–Crippen MR) is 83.8 cm³/mol. The Bertz CT molecular complexity index is 637. The van der Waals surface area contributed by atoms with Gasteiger partial charge in [-0.25, -0.2) is 0 Å². The highest BCUT2D eigenvalue weighted by Gasteiger charge is 2.16. The number of halogens is 2. The fourth-order valence-electron chi connectivity index (χ4n) is 1.71. The van der Waals surface area contributed by atoms with Crippen LogP contribution in [0.5, 0.6) is 11.5 Å². The molecule has 0 atom stereocenters. The van der Waals surface area contributed by atoms with E-state index in [1.807, 2.05) is 19.1 Å². The highest BCUT2D eigenvalue weighted by Crippen LogP contribution is 2.39. The molecule has 0 unspecified atom stereocenters. The summed E-state index contributed by atoms with van der Waals surface area (Å²) in [4.78, 5) is 10.2. The van der Waals surface area contributed by atoms with Gasteiger partial charge in [0.25, 0.3) is 5.69 Å². The molecule has 2 aromatic rings. The molecule has 2 aromatic carbocycles. The topological polar surface area (TPSA) is 64.4 Å². The Morgan fingerprint density at radius 2 is 1.76 bits per heavy atom. The molecule has 1 N–H and O–H groups in total. The van der Waals surface area contributed by atoms with Crippen molar-refractivity contribution >= 4 is 34.6 Å². The van der Waals surface area contributed by atoms with E-state index in [1.54, 1.807) is 12.1 Å². The molecule has 0 amide bonds. The SMILES string of the molecule is CCNc1ccc(Oc2c(Cl)cc([N+](=O)[O-])cc2Cl)cc1. The van der Waals surface area contributed by atoms with E-state index < -0.39 is 4.92 Å². The number of nitro groups is 1. The molecule has 0 bridgehead atoms. The van der Waals surface area contributed by atoms with Crippen LogP contribution in [-0.2, 0) is 0 Å². The standard InChI is InChI=1S/C14H12Cl2N2O3/c1-2-17-9-3-5-11(6-4-9)21-14-12(15)7-10(18(19)20)8-13(14)16/h3-8,17H,2H2,1H3. The highest BCUT2D eigenvalue weighted by atomic mass is 35.5. The Kier molecular flexibility index (Phi) is 4.88. The van der Waals surface area contributed by atoms with E-state index in [9.17, 15) is 10.1 Å². The maximum Gasteiger partial charge on any atom is 0.272 e. The van der Waals surface area contributed by atoms with Crippen molar-refractivity contribution < 1.29 is 9.66 Å². The van der Waals surface area contributed by atoms with Gasteiger partial charge in [-0.15, -0.1) is 0 Å². The van der Waals surface area contributed by atoms with Gasteiger partial charge in [-0.2, -0.15) is 0 Å². The molecule has 0 fully saturated rings. The molecule has 21 heavy (non-hydrogen) atoms. The van der Waals surface area contributed by atoms with Gasteiger partial charge in [0.05, 0.1) is 15.0 Å². The van der Waals surface area contributed by atoms with E-state index in [0.717, 1.165) is 12.2 Å². The predicted octanol–water partition coefficient (Wildman–Crippen LogP) is 5.13. The number of nitrogens with zero attached hydrogens (tertiary/aromatic N) is 1. The van der Waals surface area contributed by atoms with Gasteiger partial charge in [-0.3, -0.25) is 10.1 Å². The van der Waals surface area contributed by atoms with E-state index in [2.05, 4.69) is 5.32 Å². The van der Waals surface area contributed by atoms with Gasteiger partial charge in [-0.05, 0) is 31.2 Å². The maximum atomic E-state index is 10.7. The zero-order chi connectivity index (χ0) is 15.4. The van der Waals surface area contributed by atoms with Crippen LogP contribution in [-0.4, -0.2) is 11.5 Å². The average Bonchev–Trinajstić information content (AvgIpc) is 2.44. The molecule has 0 aliphatic carbocycles. The monoisotopic (exact) mass is 326 g/mol. The van der Waals surface area contributed by atoms with Crippen LogP contribution in [0.3, 0.4) is 0 Å². The highest BCUT2D eigenvalue weighted by molar-refractivity contribution is 6.37. The van der Waals surface area contributed by atoms with E-state index in [0.29, 0.717) is 5.75 Å². The minimum atomic E-state index is -0.563. The number of nitrogens with one attached hydrogen (secondary N) is 1. The molecule has 0 radical (unpaired) electrons. The second-order valence-corrected chi connectivity index (χ2v) is 4.97. The number of rotatable bonds is 5. The van der Waals surface area contributed by atoms with E-state index in [1.165, 1.54) is 12.1 Å². The van der Waals surface area contributed by atoms with E-state index in [-0.39, 0.29) is 21.5 Å². The molecular weight excluding hydrogens is 315 g/mol. The van der Waals surface area contributed by atoms with Gasteiger partial charge >= 0.3 is 0 Å². The largest absolute Gasteiger partial charge is 0.454 e. The van der Waals surface area contributed by atoms with Crippen LogP contribution in [0, 0.1) is 10.1 Å². The number of hydrogen-bond donors (Lipinski definition) is 1. The van der Waals surface area contributed by atoms with Crippen LogP contribution in [0.2, 0.25) is 10.0 Å². The van der Waals surface area contributed by atoms with Crippen molar-refractivity contribution in [1.82, 2.24) is 0 Å². The summed E-state index contributed by atoms with van der Waals surface area (Å²) < 4.78 is 5.59. The minimum absolute atomic E-state index is 0.0879. The third kappa shape index (κ3) is 3.77. The second kappa shape index (κ2) is 6.65. The fourth-order valence-corrected chi connectivity index (χ4v) is 2.26. The van der Waals surface area contributed by atoms with Crippen molar-refractivity contribution in [3.05, 3.63) is 56.6 Å². The summed E-state index contributed by atoms with van der Waals surface area (Å²) >= 11 is 12.0. The second-order valence-electron chi connectivity index (χ2n) is 4.15. The van der Waals surface area contributed by atoms with Gasteiger partial charge in [0.2, 0.25) is 0 Å². The number of non-ortho nitro benzene ring substituents is 1. The van der Waals surface area contributed by atoms with Crippen LogP contribution in [0.4, 0.5) is 11.4 Å². The molecule has 0 heterocycles. The Hall–Kier alpha value is -1.98. The van der Waals surface area contributed by atoms with Crippen LogP contribution in [0.15, 0.2) is 36.4 Å². The molecule has 5 nitrogen and oxygen atoms in total. The summed E-state index contributed by atoms with van der Waals surface area (Å²) in [5.74, 6) is 0.731. The lowest BCUT2D eigenvalue weighted by atomic mass is 10.3. The van der Waals surface area contributed by atoms with Gasteiger partial charge in [0.1, 0.15) is 5.75 Å². The molecule has 0 saturated carbocycles. The van der Waals surface area contributed by atoms with E-state index in [4.69, 9.17) is 27.9 Å². The summed E-state index contributed by atoms with van der Waals surface area (Å²) in [6, 6.07) is 9.63. The van der Waals surface area contributed by atoms with Crippen LogP contribution in [0.25, 0.3) is 0 Å². The van der Waals surface area contributed by atoms with Gasteiger partial charge in [-0.1, -0.05) is 23.2 Å². The lowest BCUT2D eigenvalue weighted by molar-refractivity contribution is -0.384. The van der Waals surface area contributed by atoms with Gasteiger partial charge in [0.15, 0.2) is 5.75 Å². The summed E-state index contributed by atoms with van der Waals surface area (Å²) in [6.45, 7) is 2.82. The molecular formula is C14H12Cl2N2O3. The first-order chi connectivity index (χ1) is 10.0. The number of benzene rings is 2. The first-order valence-electron chi connectivity index (χ1n) is 6.16. The fraction of sp³-hybridized carbons (Fsp3) is 0.143. The molecule has 0 aromatic heterocycles. The lowest BCUT2D eigenvalue weighted by Gasteiger charge is -2.10. The van der Waals surface area contributed by atoms with Crippen molar-refractivity contribution in [2.75, 3.05) is 11.9 Å². The molecule has 110 valence electrons. The van der Waals surface area contributed by atoms with Gasteiger partial charge in [0, 0.05) is 24.4 Å². The summed E-state index contributed by atoms with van der Waals surface area (Å²) in [6.07, 6.45) is 0. The van der Waals surface area contributed by atoms with Crippen LogP contribution in [0.1, 0.15) is 6.92 Å². The molecule has 0 aliphatic heterocycles. The quantitative estimate of drug-likeness (QED) is 0.611. The van der Waals surface area contributed by atoms with Crippen LogP contribution < -0.4 is 10.1 Å². The Labute approximate surface area is 131 Å². The molecule has 7 heteroatoms. The van der Waals surface area contributed by atoms with E-state index >= 15 is 0 Å². The molecule has 0 aliphatic rings. The Morgan fingerprint density at radius 1 is 1.19 bits per heavy atom. The molecule has 0 spiro atoms. The summed E-state index contributed by atoms with van der Waals surface area (Å²) in [7, 11) is 0. The van der Waals surface area contributed by atoms with Crippen molar-refractivity contribution in [3.63, 3.8) is 0 Å². The van der Waals surface area contributed by atoms with Gasteiger partial charge < -0.3 is 10.1 Å². The minimum Gasteiger partial charge on any atom is -0.454 e. The number of nitro benzene ring substituents is 1. The van der Waals surface area contributed by atoms with Crippen molar-refractivity contribution in [1.29, 1.82) is 0 Å². The van der Waals surface area contributed by atoms with Crippen molar-refractivity contribution in [2.24, 2.45) is 0 Å². The number of ether oxygens (including phenoxy) is 1. The normalized spacial score (nSPS) is 10.2. The smallest absolute Gasteiger partial charge is 0.272 e. The Balaban J connectivity index is 2.25. The summed E-state index contributed by atoms with van der Waals surface area (Å²) in [5, 5.41) is 14.0.